The lowest BCUT2D eigenvalue weighted by Crippen LogP contribution is -2.61. The lowest BCUT2D eigenvalue weighted by atomic mass is 9.64. The molecule has 1 saturated heterocycles. The fraction of sp³-hybridized carbons (Fsp3) is 0.324. The van der Waals surface area contributed by atoms with Crippen molar-refractivity contribution in [2.24, 2.45) is 18.4 Å². The maximum absolute atomic E-state index is 11.3. The second kappa shape index (κ2) is 12.4. The van der Waals surface area contributed by atoms with Crippen LogP contribution in [0.4, 0.5) is 10.5 Å². The topological polar surface area (TPSA) is 102 Å². The Kier molecular flexibility index (Phi) is 7.98. The number of likely N-dealkylation sites (tertiary alicyclic amines) is 1. The van der Waals surface area contributed by atoms with Crippen molar-refractivity contribution in [3.8, 4) is 23.0 Å². The van der Waals surface area contributed by atoms with Gasteiger partial charge in [0.15, 0.2) is 0 Å². The first-order valence-electron chi connectivity index (χ1n) is 15.9. The van der Waals surface area contributed by atoms with Crippen LogP contribution in [0.25, 0.3) is 22.2 Å². The van der Waals surface area contributed by atoms with E-state index < -0.39 is 6.09 Å². The van der Waals surface area contributed by atoms with Crippen molar-refractivity contribution in [2.45, 2.75) is 45.4 Å². The minimum absolute atomic E-state index is 0.146. The summed E-state index contributed by atoms with van der Waals surface area (Å²) in [6.07, 6.45) is 2.30. The molecule has 9 nitrogen and oxygen atoms in total. The summed E-state index contributed by atoms with van der Waals surface area (Å²) < 4.78 is 14.3. The number of aryl methyl sites for hydroxylation is 1. The minimum atomic E-state index is -0.805. The number of nitrogens with zero attached hydrogens (tertiary/aromatic N) is 4. The Labute approximate surface area is 268 Å². The Morgan fingerprint density at radius 2 is 1.65 bits per heavy atom. The van der Waals surface area contributed by atoms with E-state index in [1.807, 2.05) is 84.5 Å². The van der Waals surface area contributed by atoms with Crippen LogP contribution in [-0.4, -0.2) is 50.0 Å². The van der Waals surface area contributed by atoms with Gasteiger partial charge in [0.05, 0.1) is 11.1 Å². The van der Waals surface area contributed by atoms with Crippen LogP contribution in [0.15, 0.2) is 91.0 Å². The van der Waals surface area contributed by atoms with Crippen molar-refractivity contribution in [2.75, 3.05) is 18.4 Å². The van der Waals surface area contributed by atoms with Crippen molar-refractivity contribution < 1.29 is 19.4 Å². The van der Waals surface area contributed by atoms with E-state index in [0.717, 1.165) is 58.2 Å². The van der Waals surface area contributed by atoms with E-state index >= 15 is 0 Å². The third-order valence-electron chi connectivity index (χ3n) is 9.49. The monoisotopic (exact) mass is 617 g/mol. The number of benzene rings is 3. The third-order valence-corrected chi connectivity index (χ3v) is 9.49. The highest BCUT2D eigenvalue weighted by Gasteiger charge is 2.49. The van der Waals surface area contributed by atoms with Crippen LogP contribution in [0.1, 0.15) is 37.3 Å². The SMILES string of the molecule is C[C@@H]1CC2(CC[C@H]1Nc1ccc3c(-c4ccc(OCc5ccccc5)nc4OCc4ccccc4)nn(C)c3c1)CN(C(=O)O)C2. The molecule has 2 aromatic heterocycles. The summed E-state index contributed by atoms with van der Waals surface area (Å²) in [5, 5.41) is 19.0. The molecule has 46 heavy (non-hydrogen) atoms. The van der Waals surface area contributed by atoms with Gasteiger partial charge in [0, 0.05) is 48.7 Å². The van der Waals surface area contributed by atoms with Crippen LogP contribution < -0.4 is 14.8 Å². The van der Waals surface area contributed by atoms with Crippen LogP contribution >= 0.6 is 0 Å². The van der Waals surface area contributed by atoms with Gasteiger partial charge < -0.3 is 24.8 Å². The highest BCUT2D eigenvalue weighted by Crippen LogP contribution is 2.47. The number of anilines is 1. The fourth-order valence-corrected chi connectivity index (χ4v) is 7.09. The van der Waals surface area contributed by atoms with Gasteiger partial charge in [-0.3, -0.25) is 4.68 Å². The Morgan fingerprint density at radius 3 is 2.33 bits per heavy atom. The van der Waals surface area contributed by atoms with E-state index in [4.69, 9.17) is 19.6 Å². The first-order valence-corrected chi connectivity index (χ1v) is 15.9. The normalized spacial score (nSPS) is 18.7. The molecule has 1 aliphatic carbocycles. The summed E-state index contributed by atoms with van der Waals surface area (Å²) in [7, 11) is 1.96. The molecule has 2 N–H and O–H groups in total. The van der Waals surface area contributed by atoms with Crippen LogP contribution in [-0.2, 0) is 20.3 Å². The van der Waals surface area contributed by atoms with Gasteiger partial charge in [0.2, 0.25) is 11.8 Å². The van der Waals surface area contributed by atoms with Gasteiger partial charge in [0.25, 0.3) is 0 Å². The number of aromatic nitrogens is 3. The molecule has 7 rings (SSSR count). The Hall–Kier alpha value is -5.05. The number of hydrogen-bond donors (Lipinski definition) is 2. The molecule has 5 aromatic rings. The molecule has 1 aliphatic heterocycles. The Bertz CT molecular complexity index is 1840. The van der Waals surface area contributed by atoms with Crippen molar-refractivity contribution in [3.63, 3.8) is 0 Å². The summed E-state index contributed by atoms with van der Waals surface area (Å²) >= 11 is 0. The molecule has 1 saturated carbocycles. The predicted molar refractivity (Wildman–Crippen MR) is 178 cm³/mol. The van der Waals surface area contributed by atoms with E-state index in [9.17, 15) is 9.90 Å². The van der Waals surface area contributed by atoms with Crippen molar-refractivity contribution in [1.82, 2.24) is 19.7 Å². The molecule has 0 radical (unpaired) electrons. The molecule has 9 heteroatoms. The number of rotatable bonds is 9. The van der Waals surface area contributed by atoms with Crippen molar-refractivity contribution >= 4 is 22.7 Å². The summed E-state index contributed by atoms with van der Waals surface area (Å²) in [6.45, 7) is 4.39. The molecule has 2 aliphatic rings. The average molecular weight is 618 g/mol. The third kappa shape index (κ3) is 6.09. The van der Waals surface area contributed by atoms with Gasteiger partial charge in [0.1, 0.15) is 18.9 Å². The summed E-state index contributed by atoms with van der Waals surface area (Å²) in [4.78, 5) is 17.6. The molecular formula is C37H39N5O4. The second-order valence-electron chi connectivity index (χ2n) is 12.9. The van der Waals surface area contributed by atoms with Crippen LogP contribution in [0.3, 0.4) is 0 Å². The lowest BCUT2D eigenvalue weighted by molar-refractivity contribution is -0.0307. The zero-order chi connectivity index (χ0) is 31.7. The van der Waals surface area contributed by atoms with Gasteiger partial charge >= 0.3 is 6.09 Å². The summed E-state index contributed by atoms with van der Waals surface area (Å²) in [5.74, 6) is 1.41. The quantitative estimate of drug-likeness (QED) is 0.178. The summed E-state index contributed by atoms with van der Waals surface area (Å²) in [6, 6.07) is 30.7. The largest absolute Gasteiger partial charge is 0.473 e. The van der Waals surface area contributed by atoms with E-state index in [1.165, 1.54) is 4.90 Å². The van der Waals surface area contributed by atoms with E-state index in [2.05, 4.69) is 30.4 Å². The highest BCUT2D eigenvalue weighted by molar-refractivity contribution is 5.96. The van der Waals surface area contributed by atoms with Gasteiger partial charge in [-0.25, -0.2) is 4.79 Å². The molecule has 1 spiro atoms. The second-order valence-corrected chi connectivity index (χ2v) is 12.9. The van der Waals surface area contributed by atoms with Crippen LogP contribution in [0.5, 0.6) is 11.8 Å². The molecule has 2 fully saturated rings. The lowest BCUT2D eigenvalue weighted by Gasteiger charge is -2.54. The number of carboxylic acid groups (broad SMARTS) is 1. The Morgan fingerprint density at radius 1 is 0.957 bits per heavy atom. The van der Waals surface area contributed by atoms with Crippen molar-refractivity contribution in [3.05, 3.63) is 102 Å². The molecule has 1 amide bonds. The smallest absolute Gasteiger partial charge is 0.407 e. The van der Waals surface area contributed by atoms with E-state index in [-0.39, 0.29) is 5.41 Å². The summed E-state index contributed by atoms with van der Waals surface area (Å²) in [5.41, 5.74) is 5.93. The standard InChI is InChI=1S/C37H39N5O4/c1-25-20-37(23-42(24-37)36(43)44)18-17-31(25)38-28-13-14-29-32(19-28)41(2)40-34(29)30-15-16-33(45-21-26-9-5-3-6-10-26)39-35(30)46-22-27-11-7-4-8-12-27/h3-16,19,25,31,38H,17-18,20-24H2,1-2H3,(H,43,44)/t25-,31-/m1/s1. The number of carbonyl (C=O) groups is 1. The van der Waals surface area contributed by atoms with Gasteiger partial charge in [-0.1, -0.05) is 67.6 Å². The number of amides is 1. The van der Waals surface area contributed by atoms with E-state index in [1.54, 1.807) is 0 Å². The zero-order valence-corrected chi connectivity index (χ0v) is 26.2. The fourth-order valence-electron chi connectivity index (χ4n) is 7.09. The molecular weight excluding hydrogens is 578 g/mol. The van der Waals surface area contributed by atoms with Gasteiger partial charge in [-0.05, 0) is 60.6 Å². The molecule has 2 atom stereocenters. The van der Waals surface area contributed by atoms with E-state index in [0.29, 0.717) is 50.0 Å². The number of nitrogens with one attached hydrogen (secondary N) is 1. The Balaban J connectivity index is 1.12. The number of pyridine rings is 1. The molecule has 0 bridgehead atoms. The zero-order valence-electron chi connectivity index (χ0n) is 26.2. The molecule has 3 heterocycles. The minimum Gasteiger partial charge on any atom is -0.473 e. The average Bonchev–Trinajstić information content (AvgIpc) is 3.38. The molecule has 236 valence electrons. The predicted octanol–water partition coefficient (Wildman–Crippen LogP) is 7.37. The van der Waals surface area contributed by atoms with Gasteiger partial charge in [-0.15, -0.1) is 0 Å². The van der Waals surface area contributed by atoms with Crippen LogP contribution in [0.2, 0.25) is 0 Å². The maximum atomic E-state index is 11.3. The molecule has 3 aromatic carbocycles. The maximum Gasteiger partial charge on any atom is 0.407 e. The first-order chi connectivity index (χ1) is 22.4. The van der Waals surface area contributed by atoms with Gasteiger partial charge in [-0.2, -0.15) is 10.1 Å². The molecule has 0 unspecified atom stereocenters. The highest BCUT2D eigenvalue weighted by atomic mass is 16.5. The van der Waals surface area contributed by atoms with Crippen LogP contribution in [0, 0.1) is 11.3 Å². The number of hydrogen-bond acceptors (Lipinski definition) is 6. The van der Waals surface area contributed by atoms with Crippen molar-refractivity contribution in [1.29, 1.82) is 0 Å². The number of ether oxygens (including phenoxy) is 2. The number of fused-ring (bicyclic) bond motifs is 1. The first kappa shape index (κ1) is 29.6.